The topological polar surface area (TPSA) is 100 Å². The van der Waals surface area contributed by atoms with Crippen molar-refractivity contribution in [3.05, 3.63) is 0 Å². The highest BCUT2D eigenvalue weighted by Crippen LogP contribution is 2.18. The second-order valence-electron chi connectivity index (χ2n) is 3.39. The molecule has 0 amide bonds. The molecule has 6 heteroatoms. The van der Waals surface area contributed by atoms with Gasteiger partial charge in [0.05, 0.1) is 0 Å². The Morgan fingerprint density at radius 3 is 1.82 bits per heavy atom. The van der Waals surface area contributed by atoms with Gasteiger partial charge in [-0.05, 0) is 5.92 Å². The monoisotopic (exact) mass is 238 g/mol. The van der Waals surface area contributed by atoms with Crippen molar-refractivity contribution in [1.82, 2.24) is 0 Å². The second kappa shape index (κ2) is 8.12. The largest absolute Gasteiger partial charge is 0.450 e. The minimum Gasteiger partial charge on any atom is -0.450 e. The lowest BCUT2D eigenvalue weighted by Crippen LogP contribution is -2.33. The van der Waals surface area contributed by atoms with Crippen LogP contribution >= 0.6 is 0 Å². The summed E-state index contributed by atoms with van der Waals surface area (Å²) in [5.74, 6) is -2.93. The maximum Gasteiger partial charge on any atom is 0.321 e. The van der Waals surface area contributed by atoms with Crippen molar-refractivity contribution in [2.75, 3.05) is 13.2 Å². The average molecular weight is 238 g/mol. The number of hydrogen-bond acceptors (Lipinski definition) is 6. The van der Waals surface area contributed by atoms with Crippen LogP contribution in [-0.4, -0.2) is 25.2 Å². The molecule has 0 rings (SSSR count). The van der Waals surface area contributed by atoms with Gasteiger partial charge in [0.25, 0.3) is 0 Å². The van der Waals surface area contributed by atoms with E-state index in [9.17, 15) is 9.59 Å². The van der Waals surface area contributed by atoms with Crippen molar-refractivity contribution in [2.45, 2.75) is 20.3 Å². The first-order valence-electron chi connectivity index (χ1n) is 5.15. The van der Waals surface area contributed by atoms with E-state index in [0.717, 1.165) is 0 Å². The maximum atomic E-state index is 11.6. The lowest BCUT2D eigenvalue weighted by Gasteiger charge is -2.18. The van der Waals surface area contributed by atoms with Gasteiger partial charge in [0.15, 0.2) is 19.1 Å². The van der Waals surface area contributed by atoms with Crippen molar-refractivity contribution in [2.24, 2.45) is 11.8 Å². The summed E-state index contributed by atoms with van der Waals surface area (Å²) in [6.45, 7) is 2.70. The van der Waals surface area contributed by atoms with Crippen molar-refractivity contribution in [3.63, 3.8) is 0 Å². The van der Waals surface area contributed by atoms with Gasteiger partial charge in [-0.3, -0.25) is 9.59 Å². The van der Waals surface area contributed by atoms with Crippen LogP contribution in [0.1, 0.15) is 20.3 Å². The molecular weight excluding hydrogens is 224 g/mol. The molecule has 0 N–H and O–H groups in total. The van der Waals surface area contributed by atoms with Crippen molar-refractivity contribution in [3.8, 4) is 12.1 Å². The highest BCUT2D eigenvalue weighted by molar-refractivity contribution is 5.95. The first kappa shape index (κ1) is 14.9. The van der Waals surface area contributed by atoms with Crippen LogP contribution in [0.3, 0.4) is 0 Å². The van der Waals surface area contributed by atoms with Gasteiger partial charge < -0.3 is 9.47 Å². The zero-order valence-corrected chi connectivity index (χ0v) is 9.80. The molecule has 1 unspecified atom stereocenters. The van der Waals surface area contributed by atoms with Crippen LogP contribution in [0.5, 0.6) is 0 Å². The molecule has 0 aliphatic carbocycles. The smallest absolute Gasteiger partial charge is 0.321 e. The number of nitriles is 2. The fraction of sp³-hybridized carbons (Fsp3) is 0.636. The van der Waals surface area contributed by atoms with Crippen LogP contribution in [0.15, 0.2) is 0 Å². The molecule has 6 nitrogen and oxygen atoms in total. The number of rotatable bonds is 6. The summed E-state index contributed by atoms with van der Waals surface area (Å²) in [4.78, 5) is 23.1. The van der Waals surface area contributed by atoms with Gasteiger partial charge in [-0.1, -0.05) is 20.3 Å². The number of esters is 2. The van der Waals surface area contributed by atoms with Gasteiger partial charge in [-0.15, -0.1) is 0 Å². The highest BCUT2D eigenvalue weighted by Gasteiger charge is 2.34. The molecular formula is C11H14N2O4. The molecule has 92 valence electrons. The molecule has 0 heterocycles. The van der Waals surface area contributed by atoms with Crippen LogP contribution in [-0.2, 0) is 19.1 Å². The SMILES string of the molecule is CCC(C)C(C(=O)OCC#N)C(=O)OCC#N. The van der Waals surface area contributed by atoms with Crippen LogP contribution in [0, 0.1) is 34.5 Å². The summed E-state index contributed by atoms with van der Waals surface area (Å²) in [6.07, 6.45) is 0.577. The normalized spacial score (nSPS) is 11.1. The zero-order chi connectivity index (χ0) is 13.3. The molecule has 0 aromatic carbocycles. The zero-order valence-electron chi connectivity index (χ0n) is 9.80. The molecule has 0 aliphatic rings. The number of hydrogen-bond donors (Lipinski definition) is 0. The first-order valence-corrected chi connectivity index (χ1v) is 5.15. The van der Waals surface area contributed by atoms with E-state index in [4.69, 9.17) is 10.5 Å². The predicted octanol–water partition coefficient (Wildman–Crippen LogP) is 0.782. The molecule has 17 heavy (non-hydrogen) atoms. The summed E-state index contributed by atoms with van der Waals surface area (Å²) in [7, 11) is 0. The average Bonchev–Trinajstić information content (AvgIpc) is 2.33. The molecule has 0 aromatic rings. The first-order chi connectivity index (χ1) is 8.08. The van der Waals surface area contributed by atoms with Gasteiger partial charge in [-0.2, -0.15) is 10.5 Å². The van der Waals surface area contributed by atoms with Crippen LogP contribution < -0.4 is 0 Å². The Balaban J connectivity index is 4.65. The minimum atomic E-state index is -1.08. The fourth-order valence-electron chi connectivity index (χ4n) is 1.18. The number of carbonyl (C=O) groups excluding carboxylic acids is 2. The molecule has 0 aromatic heterocycles. The van der Waals surface area contributed by atoms with E-state index in [1.807, 2.05) is 6.92 Å². The molecule has 0 radical (unpaired) electrons. The quantitative estimate of drug-likeness (QED) is 0.500. The molecule has 0 fully saturated rings. The van der Waals surface area contributed by atoms with Gasteiger partial charge >= 0.3 is 11.9 Å². The summed E-state index contributed by atoms with van der Waals surface area (Å²) < 4.78 is 9.19. The van der Waals surface area contributed by atoms with E-state index in [1.54, 1.807) is 19.1 Å². The molecule has 1 atom stereocenters. The van der Waals surface area contributed by atoms with Gasteiger partial charge in [0, 0.05) is 0 Å². The standard InChI is InChI=1S/C11H14N2O4/c1-3-8(2)9(10(14)16-6-4-12)11(15)17-7-5-13/h8-9H,3,6-7H2,1-2H3. The van der Waals surface area contributed by atoms with Gasteiger partial charge in [0.2, 0.25) is 0 Å². The Morgan fingerprint density at radius 2 is 1.53 bits per heavy atom. The van der Waals surface area contributed by atoms with E-state index in [-0.39, 0.29) is 5.92 Å². The molecule has 0 saturated carbocycles. The number of nitrogens with zero attached hydrogens (tertiary/aromatic N) is 2. The second-order valence-corrected chi connectivity index (χ2v) is 3.39. The van der Waals surface area contributed by atoms with E-state index in [0.29, 0.717) is 6.42 Å². The third-order valence-corrected chi connectivity index (χ3v) is 2.28. The molecule has 0 spiro atoms. The lowest BCUT2D eigenvalue weighted by atomic mass is 9.92. The van der Waals surface area contributed by atoms with E-state index < -0.39 is 31.1 Å². The third-order valence-electron chi connectivity index (χ3n) is 2.28. The molecule has 0 bridgehead atoms. The fourth-order valence-corrected chi connectivity index (χ4v) is 1.18. The van der Waals surface area contributed by atoms with Gasteiger partial charge in [0.1, 0.15) is 12.1 Å². The lowest BCUT2D eigenvalue weighted by molar-refractivity contribution is -0.163. The summed E-state index contributed by atoms with van der Waals surface area (Å²) in [6, 6.07) is 3.29. The predicted molar refractivity (Wildman–Crippen MR) is 56.1 cm³/mol. The minimum absolute atomic E-state index is 0.271. The van der Waals surface area contributed by atoms with E-state index in [2.05, 4.69) is 9.47 Å². The van der Waals surface area contributed by atoms with Crippen molar-refractivity contribution >= 4 is 11.9 Å². The Bertz CT molecular complexity index is 323. The van der Waals surface area contributed by atoms with Crippen molar-refractivity contribution in [1.29, 1.82) is 10.5 Å². The highest BCUT2D eigenvalue weighted by atomic mass is 16.6. The third kappa shape index (κ3) is 4.98. The van der Waals surface area contributed by atoms with Crippen LogP contribution in [0.25, 0.3) is 0 Å². The molecule has 0 aliphatic heterocycles. The van der Waals surface area contributed by atoms with Crippen molar-refractivity contribution < 1.29 is 19.1 Å². The number of carbonyl (C=O) groups is 2. The maximum absolute atomic E-state index is 11.6. The van der Waals surface area contributed by atoms with E-state index >= 15 is 0 Å². The summed E-state index contributed by atoms with van der Waals surface area (Å²) in [5.41, 5.74) is 0. The Hall–Kier alpha value is -2.08. The van der Waals surface area contributed by atoms with E-state index in [1.165, 1.54) is 0 Å². The summed E-state index contributed by atoms with van der Waals surface area (Å²) in [5, 5.41) is 16.6. The van der Waals surface area contributed by atoms with Gasteiger partial charge in [-0.25, -0.2) is 0 Å². The van der Waals surface area contributed by atoms with Crippen LogP contribution in [0.4, 0.5) is 0 Å². The Morgan fingerprint density at radius 1 is 1.12 bits per heavy atom. The molecule has 0 saturated heterocycles. The van der Waals surface area contributed by atoms with Crippen LogP contribution in [0.2, 0.25) is 0 Å². The summed E-state index contributed by atoms with van der Waals surface area (Å²) >= 11 is 0. The number of ether oxygens (including phenoxy) is 2. The Labute approximate surface area is 99.7 Å². The Kier molecular flexibility index (Phi) is 7.12.